The van der Waals surface area contributed by atoms with Gasteiger partial charge in [0.15, 0.2) is 0 Å². The van der Waals surface area contributed by atoms with E-state index in [1.165, 1.54) is 0 Å². The molecule has 0 radical (unpaired) electrons. The molecule has 0 fully saturated rings. The molecule has 23 heavy (non-hydrogen) atoms. The predicted octanol–water partition coefficient (Wildman–Crippen LogP) is 3.11. The standard InChI is InChI=1S/C18H33NO4/c1-9-19-14(21)18(8,11-10-13(20)16(2,3)4)12-23-15(22)17(5,6)7/h9-12H2,1-8H3,(H,19,21). The molecule has 0 bridgehead atoms. The summed E-state index contributed by atoms with van der Waals surface area (Å²) >= 11 is 0. The molecule has 0 aliphatic rings. The molecule has 0 aromatic carbocycles. The zero-order valence-corrected chi connectivity index (χ0v) is 16.0. The van der Waals surface area contributed by atoms with Gasteiger partial charge in [-0.15, -0.1) is 0 Å². The van der Waals surface area contributed by atoms with Gasteiger partial charge in [0, 0.05) is 18.4 Å². The van der Waals surface area contributed by atoms with E-state index < -0.39 is 16.2 Å². The van der Waals surface area contributed by atoms with Crippen molar-refractivity contribution in [1.82, 2.24) is 5.32 Å². The number of carbonyl (C=O) groups excluding carboxylic acids is 3. The Kier molecular flexibility index (Phi) is 7.45. The van der Waals surface area contributed by atoms with Crippen LogP contribution in [0, 0.1) is 16.2 Å². The molecule has 0 saturated carbocycles. The summed E-state index contributed by atoms with van der Waals surface area (Å²) in [4.78, 5) is 36.5. The fraction of sp³-hybridized carbons (Fsp3) is 0.833. The van der Waals surface area contributed by atoms with Crippen molar-refractivity contribution in [3.63, 3.8) is 0 Å². The van der Waals surface area contributed by atoms with Crippen molar-refractivity contribution in [2.75, 3.05) is 13.2 Å². The van der Waals surface area contributed by atoms with Gasteiger partial charge in [0.1, 0.15) is 12.4 Å². The molecule has 0 aliphatic carbocycles. The number of ketones is 1. The van der Waals surface area contributed by atoms with Crippen LogP contribution < -0.4 is 5.32 Å². The Balaban J connectivity index is 5.01. The Bertz CT molecular complexity index is 411. The Morgan fingerprint density at radius 3 is 1.83 bits per heavy atom. The molecule has 1 atom stereocenters. The smallest absolute Gasteiger partial charge is 0.311 e. The highest BCUT2D eigenvalue weighted by Gasteiger charge is 2.37. The zero-order valence-electron chi connectivity index (χ0n) is 16.0. The van der Waals surface area contributed by atoms with Gasteiger partial charge in [-0.2, -0.15) is 0 Å². The van der Waals surface area contributed by atoms with Crippen LogP contribution in [0.2, 0.25) is 0 Å². The van der Waals surface area contributed by atoms with Crippen LogP contribution in [-0.2, 0) is 19.1 Å². The molecule has 5 heteroatoms. The van der Waals surface area contributed by atoms with E-state index in [1.54, 1.807) is 27.7 Å². The predicted molar refractivity (Wildman–Crippen MR) is 90.9 cm³/mol. The molecule has 1 N–H and O–H groups in total. The summed E-state index contributed by atoms with van der Waals surface area (Å²) in [6.07, 6.45) is 0.635. The third kappa shape index (κ3) is 7.14. The minimum atomic E-state index is -0.905. The molecule has 0 rings (SSSR count). The summed E-state index contributed by atoms with van der Waals surface area (Å²) in [6.45, 7) is 14.9. The third-order valence-corrected chi connectivity index (χ3v) is 3.76. The molecule has 134 valence electrons. The van der Waals surface area contributed by atoms with Gasteiger partial charge in [-0.1, -0.05) is 20.8 Å². The lowest BCUT2D eigenvalue weighted by Gasteiger charge is -2.30. The number of amides is 1. The summed E-state index contributed by atoms with van der Waals surface area (Å²) < 4.78 is 5.35. The van der Waals surface area contributed by atoms with Crippen molar-refractivity contribution in [3.05, 3.63) is 0 Å². The van der Waals surface area contributed by atoms with Crippen LogP contribution in [0.1, 0.15) is 68.2 Å². The Hall–Kier alpha value is -1.39. The van der Waals surface area contributed by atoms with Gasteiger partial charge < -0.3 is 10.1 Å². The summed E-state index contributed by atoms with van der Waals surface area (Å²) in [5, 5.41) is 2.77. The van der Waals surface area contributed by atoms with Gasteiger partial charge in [-0.3, -0.25) is 14.4 Å². The fourth-order valence-electron chi connectivity index (χ4n) is 1.83. The summed E-state index contributed by atoms with van der Waals surface area (Å²) in [7, 11) is 0. The van der Waals surface area contributed by atoms with E-state index in [4.69, 9.17) is 4.74 Å². The first-order chi connectivity index (χ1) is 10.2. The molecule has 0 aromatic rings. The SMILES string of the molecule is CCNC(=O)C(C)(CCC(=O)C(C)(C)C)COC(=O)C(C)(C)C. The molecular formula is C18H33NO4. The third-order valence-electron chi connectivity index (χ3n) is 3.76. The van der Waals surface area contributed by atoms with E-state index in [2.05, 4.69) is 5.32 Å². The lowest BCUT2D eigenvalue weighted by Crippen LogP contribution is -2.44. The van der Waals surface area contributed by atoms with Crippen LogP contribution in [0.15, 0.2) is 0 Å². The number of esters is 1. The molecule has 1 unspecified atom stereocenters. The second kappa shape index (κ2) is 7.93. The number of Topliss-reactive ketones (excluding diaryl/α,β-unsaturated/α-hetero) is 1. The minimum absolute atomic E-state index is 0.0215. The maximum Gasteiger partial charge on any atom is 0.311 e. The first-order valence-corrected chi connectivity index (χ1v) is 8.23. The van der Waals surface area contributed by atoms with Crippen molar-refractivity contribution >= 4 is 17.7 Å². The molecule has 0 heterocycles. The normalized spacial score (nSPS) is 14.8. The second-order valence-corrected chi connectivity index (χ2v) is 8.42. The van der Waals surface area contributed by atoms with Crippen LogP contribution in [0.3, 0.4) is 0 Å². The van der Waals surface area contributed by atoms with E-state index in [9.17, 15) is 14.4 Å². The second-order valence-electron chi connectivity index (χ2n) is 8.42. The van der Waals surface area contributed by atoms with Crippen molar-refractivity contribution < 1.29 is 19.1 Å². The number of carbonyl (C=O) groups is 3. The Labute approximate surface area is 140 Å². The molecule has 0 aliphatic heterocycles. The monoisotopic (exact) mass is 327 g/mol. The van der Waals surface area contributed by atoms with Gasteiger partial charge in [0.2, 0.25) is 5.91 Å². The molecule has 1 amide bonds. The van der Waals surface area contributed by atoms with E-state index in [0.717, 1.165) is 0 Å². The molecule has 0 saturated heterocycles. The average Bonchev–Trinajstić information content (AvgIpc) is 2.40. The lowest BCUT2D eigenvalue weighted by molar-refractivity contribution is -0.158. The van der Waals surface area contributed by atoms with E-state index >= 15 is 0 Å². The molecule has 0 spiro atoms. The highest BCUT2D eigenvalue weighted by molar-refractivity contribution is 5.86. The van der Waals surface area contributed by atoms with Crippen LogP contribution in [-0.4, -0.2) is 30.8 Å². The Morgan fingerprint density at radius 1 is 0.913 bits per heavy atom. The number of hydrogen-bond acceptors (Lipinski definition) is 4. The summed E-state index contributed by atoms with van der Waals surface area (Å²) in [5.41, 5.74) is -1.97. The van der Waals surface area contributed by atoms with Crippen molar-refractivity contribution in [1.29, 1.82) is 0 Å². The maximum atomic E-state index is 12.4. The first-order valence-electron chi connectivity index (χ1n) is 8.23. The molecule has 5 nitrogen and oxygen atoms in total. The highest BCUT2D eigenvalue weighted by atomic mass is 16.5. The average molecular weight is 327 g/mol. The minimum Gasteiger partial charge on any atom is -0.464 e. The zero-order chi connectivity index (χ0) is 18.5. The van der Waals surface area contributed by atoms with E-state index in [-0.39, 0.29) is 30.7 Å². The Morgan fingerprint density at radius 2 is 1.43 bits per heavy atom. The van der Waals surface area contributed by atoms with Crippen molar-refractivity contribution in [2.24, 2.45) is 16.2 Å². The number of rotatable bonds is 7. The highest BCUT2D eigenvalue weighted by Crippen LogP contribution is 2.29. The van der Waals surface area contributed by atoms with Gasteiger partial charge in [0.05, 0.1) is 10.8 Å². The molecule has 0 aromatic heterocycles. The van der Waals surface area contributed by atoms with Gasteiger partial charge in [-0.25, -0.2) is 0 Å². The lowest BCUT2D eigenvalue weighted by atomic mass is 9.80. The summed E-state index contributed by atoms with van der Waals surface area (Å²) in [5.74, 6) is -0.450. The fourth-order valence-corrected chi connectivity index (χ4v) is 1.83. The maximum absolute atomic E-state index is 12.4. The van der Waals surface area contributed by atoms with E-state index in [1.807, 2.05) is 27.7 Å². The van der Waals surface area contributed by atoms with Gasteiger partial charge >= 0.3 is 5.97 Å². The van der Waals surface area contributed by atoms with Gasteiger partial charge in [-0.05, 0) is 41.0 Å². The quantitative estimate of drug-likeness (QED) is 0.729. The number of ether oxygens (including phenoxy) is 1. The van der Waals surface area contributed by atoms with Crippen LogP contribution in [0.4, 0.5) is 0 Å². The topological polar surface area (TPSA) is 72.5 Å². The van der Waals surface area contributed by atoms with Crippen molar-refractivity contribution in [3.8, 4) is 0 Å². The first kappa shape index (κ1) is 21.6. The van der Waals surface area contributed by atoms with Crippen LogP contribution in [0.25, 0.3) is 0 Å². The molecular weight excluding hydrogens is 294 g/mol. The summed E-state index contributed by atoms with van der Waals surface area (Å²) in [6, 6.07) is 0. The number of hydrogen-bond donors (Lipinski definition) is 1. The van der Waals surface area contributed by atoms with Gasteiger partial charge in [0.25, 0.3) is 0 Å². The van der Waals surface area contributed by atoms with Crippen LogP contribution in [0.5, 0.6) is 0 Å². The number of nitrogens with one attached hydrogen (secondary N) is 1. The largest absolute Gasteiger partial charge is 0.464 e. The van der Waals surface area contributed by atoms with Crippen molar-refractivity contribution in [2.45, 2.75) is 68.2 Å². The van der Waals surface area contributed by atoms with Crippen LogP contribution >= 0.6 is 0 Å². The van der Waals surface area contributed by atoms with E-state index in [0.29, 0.717) is 13.0 Å².